The Hall–Kier alpha value is -1.59. The van der Waals surface area contributed by atoms with Crippen LogP contribution in [0.2, 0.25) is 0 Å². The van der Waals surface area contributed by atoms with Crippen molar-refractivity contribution in [1.29, 1.82) is 0 Å². The van der Waals surface area contributed by atoms with Crippen molar-refractivity contribution in [3.8, 4) is 0 Å². The maximum Gasteiger partial charge on any atom is 0.366 e. The number of aromatic amines is 1. The van der Waals surface area contributed by atoms with Crippen LogP contribution < -0.4 is 5.32 Å². The second kappa shape index (κ2) is 4.51. The zero-order chi connectivity index (χ0) is 11.5. The zero-order valence-electron chi connectivity index (χ0n) is 9.27. The Kier molecular flexibility index (Phi) is 3.07. The molecular weight excluding hydrogens is 208 g/mol. The quantitative estimate of drug-likeness (QED) is 0.609. The first kappa shape index (κ1) is 10.9. The highest BCUT2D eigenvalue weighted by molar-refractivity contribution is 5.56. The summed E-state index contributed by atoms with van der Waals surface area (Å²) in [6, 6.07) is 0.324. The summed E-state index contributed by atoms with van der Waals surface area (Å²) in [4.78, 5) is 10.3. The van der Waals surface area contributed by atoms with Gasteiger partial charge in [-0.15, -0.1) is 5.10 Å². The molecule has 2 N–H and O–H groups in total. The summed E-state index contributed by atoms with van der Waals surface area (Å²) in [6.07, 6.45) is 6.19. The molecule has 6 nitrogen and oxygen atoms in total. The van der Waals surface area contributed by atoms with Crippen molar-refractivity contribution < 1.29 is 4.92 Å². The third-order valence-electron chi connectivity index (χ3n) is 3.25. The van der Waals surface area contributed by atoms with Gasteiger partial charge < -0.3 is 15.4 Å². The number of anilines is 1. The SMILES string of the molecule is CC1CCCCC1Nc1cn[nH]c1[N+](=O)[O-]. The minimum absolute atomic E-state index is 0.0437. The highest BCUT2D eigenvalue weighted by atomic mass is 16.6. The van der Waals surface area contributed by atoms with Crippen LogP contribution in [0.1, 0.15) is 32.6 Å². The standard InChI is InChI=1S/C10H16N4O2/c1-7-4-2-3-5-8(7)12-9-6-11-13-10(9)14(15)16/h6-8,12H,2-5H2,1H3,(H,11,13). The first-order valence-corrected chi connectivity index (χ1v) is 5.63. The summed E-state index contributed by atoms with van der Waals surface area (Å²) < 4.78 is 0. The summed E-state index contributed by atoms with van der Waals surface area (Å²) in [5.41, 5.74) is 0.503. The van der Waals surface area contributed by atoms with Crippen LogP contribution in [-0.2, 0) is 0 Å². The summed E-state index contributed by atoms with van der Waals surface area (Å²) >= 11 is 0. The fraction of sp³-hybridized carbons (Fsp3) is 0.700. The predicted octanol–water partition coefficient (Wildman–Crippen LogP) is 2.31. The first-order valence-electron chi connectivity index (χ1n) is 5.63. The molecule has 1 aromatic heterocycles. The molecule has 0 amide bonds. The van der Waals surface area contributed by atoms with Gasteiger partial charge in [-0.1, -0.05) is 24.9 Å². The van der Waals surface area contributed by atoms with Gasteiger partial charge in [0.2, 0.25) is 0 Å². The number of nitrogens with zero attached hydrogens (tertiary/aromatic N) is 2. The monoisotopic (exact) mass is 224 g/mol. The van der Waals surface area contributed by atoms with Crippen molar-refractivity contribution in [3.63, 3.8) is 0 Å². The lowest BCUT2D eigenvalue weighted by molar-refractivity contribution is -0.388. The van der Waals surface area contributed by atoms with Gasteiger partial charge in [0.15, 0.2) is 5.69 Å². The first-order chi connectivity index (χ1) is 7.68. The molecule has 88 valence electrons. The highest BCUT2D eigenvalue weighted by Gasteiger charge is 2.24. The smallest absolute Gasteiger partial charge is 0.366 e. The molecule has 1 saturated carbocycles. The second-order valence-corrected chi connectivity index (χ2v) is 4.40. The largest absolute Gasteiger partial charge is 0.374 e. The van der Waals surface area contributed by atoms with Gasteiger partial charge in [0.05, 0.1) is 0 Å². The van der Waals surface area contributed by atoms with E-state index < -0.39 is 4.92 Å². The maximum atomic E-state index is 10.7. The van der Waals surface area contributed by atoms with E-state index in [-0.39, 0.29) is 5.82 Å². The van der Waals surface area contributed by atoms with E-state index in [0.29, 0.717) is 17.6 Å². The highest BCUT2D eigenvalue weighted by Crippen LogP contribution is 2.29. The average Bonchev–Trinajstić information content (AvgIpc) is 2.69. The predicted molar refractivity (Wildman–Crippen MR) is 60.3 cm³/mol. The van der Waals surface area contributed by atoms with E-state index in [1.165, 1.54) is 25.5 Å². The molecule has 2 atom stereocenters. The van der Waals surface area contributed by atoms with Crippen LogP contribution in [-0.4, -0.2) is 21.2 Å². The fourth-order valence-electron chi connectivity index (χ4n) is 2.25. The minimum Gasteiger partial charge on any atom is -0.374 e. The molecule has 2 rings (SSSR count). The summed E-state index contributed by atoms with van der Waals surface area (Å²) in [5, 5.41) is 20.0. The summed E-state index contributed by atoms with van der Waals surface area (Å²) in [7, 11) is 0. The van der Waals surface area contributed by atoms with E-state index in [0.717, 1.165) is 6.42 Å². The molecule has 0 spiro atoms. The van der Waals surface area contributed by atoms with Gasteiger partial charge in [0.25, 0.3) is 0 Å². The zero-order valence-corrected chi connectivity index (χ0v) is 9.27. The molecule has 1 fully saturated rings. The van der Waals surface area contributed by atoms with Crippen LogP contribution in [0.3, 0.4) is 0 Å². The lowest BCUT2D eigenvalue weighted by Crippen LogP contribution is -2.30. The van der Waals surface area contributed by atoms with Gasteiger partial charge in [-0.3, -0.25) is 0 Å². The van der Waals surface area contributed by atoms with E-state index in [1.807, 2.05) is 0 Å². The molecule has 0 aliphatic heterocycles. The molecule has 0 saturated heterocycles. The molecule has 0 aromatic carbocycles. The Labute approximate surface area is 93.6 Å². The van der Waals surface area contributed by atoms with Crippen LogP contribution in [0.5, 0.6) is 0 Å². The third-order valence-corrected chi connectivity index (χ3v) is 3.25. The van der Waals surface area contributed by atoms with Gasteiger partial charge in [-0.2, -0.15) is 0 Å². The Morgan fingerprint density at radius 2 is 2.31 bits per heavy atom. The Bertz CT molecular complexity index is 377. The fourth-order valence-corrected chi connectivity index (χ4v) is 2.25. The summed E-state index contributed by atoms with van der Waals surface area (Å²) in [6.45, 7) is 2.18. The Balaban J connectivity index is 2.07. The van der Waals surface area contributed by atoms with Gasteiger partial charge in [0.1, 0.15) is 6.20 Å². The van der Waals surface area contributed by atoms with Crippen LogP contribution >= 0.6 is 0 Å². The van der Waals surface area contributed by atoms with Gasteiger partial charge >= 0.3 is 5.82 Å². The number of hydrogen-bond acceptors (Lipinski definition) is 4. The molecular formula is C10H16N4O2. The lowest BCUT2D eigenvalue weighted by Gasteiger charge is -2.29. The molecule has 1 heterocycles. The number of nitro groups is 1. The van der Waals surface area contributed by atoms with Crippen molar-refractivity contribution in [2.45, 2.75) is 38.6 Å². The number of H-pyrrole nitrogens is 1. The topological polar surface area (TPSA) is 83.8 Å². The van der Waals surface area contributed by atoms with Crippen LogP contribution in [0.25, 0.3) is 0 Å². The van der Waals surface area contributed by atoms with E-state index >= 15 is 0 Å². The number of rotatable bonds is 3. The molecule has 1 aliphatic rings. The molecule has 2 unspecified atom stereocenters. The van der Waals surface area contributed by atoms with Gasteiger partial charge in [-0.05, 0) is 23.7 Å². The van der Waals surface area contributed by atoms with Crippen LogP contribution in [0, 0.1) is 16.0 Å². The van der Waals surface area contributed by atoms with E-state index in [4.69, 9.17) is 0 Å². The van der Waals surface area contributed by atoms with E-state index in [2.05, 4.69) is 22.4 Å². The summed E-state index contributed by atoms with van der Waals surface area (Å²) in [5.74, 6) is 0.515. The minimum atomic E-state index is -0.442. The number of aromatic nitrogens is 2. The Morgan fingerprint density at radius 1 is 1.56 bits per heavy atom. The molecule has 16 heavy (non-hydrogen) atoms. The average molecular weight is 224 g/mol. The van der Waals surface area contributed by atoms with Crippen molar-refractivity contribution >= 4 is 11.5 Å². The number of hydrogen-bond donors (Lipinski definition) is 2. The van der Waals surface area contributed by atoms with Gasteiger partial charge in [-0.25, -0.2) is 0 Å². The second-order valence-electron chi connectivity index (χ2n) is 4.40. The van der Waals surface area contributed by atoms with E-state index in [1.54, 1.807) is 0 Å². The third kappa shape index (κ3) is 2.15. The van der Waals surface area contributed by atoms with E-state index in [9.17, 15) is 10.1 Å². The molecule has 6 heteroatoms. The molecule has 0 radical (unpaired) electrons. The molecule has 0 bridgehead atoms. The number of nitrogens with one attached hydrogen (secondary N) is 2. The normalized spacial score (nSPS) is 25.3. The lowest BCUT2D eigenvalue weighted by atomic mass is 9.86. The Morgan fingerprint density at radius 3 is 3.00 bits per heavy atom. The maximum absolute atomic E-state index is 10.7. The van der Waals surface area contributed by atoms with Crippen molar-refractivity contribution in [1.82, 2.24) is 10.2 Å². The molecule has 1 aliphatic carbocycles. The van der Waals surface area contributed by atoms with Crippen LogP contribution in [0.15, 0.2) is 6.20 Å². The van der Waals surface area contributed by atoms with Crippen LogP contribution in [0.4, 0.5) is 11.5 Å². The van der Waals surface area contributed by atoms with Crippen molar-refractivity contribution in [2.24, 2.45) is 5.92 Å². The van der Waals surface area contributed by atoms with Gasteiger partial charge in [0, 0.05) is 6.04 Å². The van der Waals surface area contributed by atoms with Crippen molar-refractivity contribution in [2.75, 3.05) is 5.32 Å². The van der Waals surface area contributed by atoms with Crippen molar-refractivity contribution in [3.05, 3.63) is 16.3 Å². The molecule has 1 aromatic rings.